The molecule has 0 saturated carbocycles. The van der Waals surface area contributed by atoms with E-state index in [-0.39, 0.29) is 11.1 Å². The lowest BCUT2D eigenvalue weighted by Crippen LogP contribution is -2.01. The standard InChI is InChI=1S/C16H10O4/c17-15(18)11-5-1-3-9-7-8-10-4-2-6-12(16(19)20)14(10)13(9)11/h1-8H,(H,17,18)(H,19,20). The maximum atomic E-state index is 11.4. The molecule has 0 atom stereocenters. The van der Waals surface area contributed by atoms with Gasteiger partial charge in [0.1, 0.15) is 0 Å². The van der Waals surface area contributed by atoms with Gasteiger partial charge in [-0.05, 0) is 22.9 Å². The van der Waals surface area contributed by atoms with Gasteiger partial charge in [-0.1, -0.05) is 36.4 Å². The van der Waals surface area contributed by atoms with E-state index in [1.807, 2.05) is 0 Å². The van der Waals surface area contributed by atoms with Crippen LogP contribution in [-0.4, -0.2) is 22.2 Å². The second-order valence-electron chi connectivity index (χ2n) is 4.48. The molecule has 3 aromatic carbocycles. The molecule has 0 bridgehead atoms. The van der Waals surface area contributed by atoms with Crippen molar-refractivity contribution in [3.05, 3.63) is 59.7 Å². The molecule has 0 aliphatic heterocycles. The van der Waals surface area contributed by atoms with E-state index in [2.05, 4.69) is 0 Å². The molecule has 20 heavy (non-hydrogen) atoms. The van der Waals surface area contributed by atoms with E-state index >= 15 is 0 Å². The third-order valence-corrected chi connectivity index (χ3v) is 3.35. The van der Waals surface area contributed by atoms with Crippen molar-refractivity contribution in [1.82, 2.24) is 0 Å². The number of carboxylic acids is 2. The summed E-state index contributed by atoms with van der Waals surface area (Å²) in [5.74, 6) is -2.13. The Balaban J connectivity index is 2.63. The summed E-state index contributed by atoms with van der Waals surface area (Å²) >= 11 is 0. The summed E-state index contributed by atoms with van der Waals surface area (Å²) in [6.45, 7) is 0. The number of hydrogen-bond acceptors (Lipinski definition) is 2. The van der Waals surface area contributed by atoms with Gasteiger partial charge in [0.15, 0.2) is 0 Å². The first kappa shape index (κ1) is 12.2. The zero-order chi connectivity index (χ0) is 14.3. The quantitative estimate of drug-likeness (QED) is 0.697. The van der Waals surface area contributed by atoms with Crippen LogP contribution in [0.2, 0.25) is 0 Å². The van der Waals surface area contributed by atoms with E-state index in [9.17, 15) is 19.8 Å². The zero-order valence-corrected chi connectivity index (χ0v) is 10.3. The molecular formula is C16H10O4. The van der Waals surface area contributed by atoms with Gasteiger partial charge in [-0.25, -0.2) is 9.59 Å². The number of fused-ring (bicyclic) bond motifs is 3. The average Bonchev–Trinajstić information content (AvgIpc) is 2.45. The van der Waals surface area contributed by atoms with Crippen LogP contribution >= 0.6 is 0 Å². The topological polar surface area (TPSA) is 74.6 Å². The Morgan fingerprint density at radius 3 is 1.40 bits per heavy atom. The van der Waals surface area contributed by atoms with Gasteiger partial charge in [0, 0.05) is 10.8 Å². The van der Waals surface area contributed by atoms with E-state index in [4.69, 9.17) is 0 Å². The number of rotatable bonds is 2. The van der Waals surface area contributed by atoms with Crippen molar-refractivity contribution < 1.29 is 19.8 Å². The lowest BCUT2D eigenvalue weighted by atomic mass is 9.94. The van der Waals surface area contributed by atoms with Crippen LogP contribution < -0.4 is 0 Å². The maximum Gasteiger partial charge on any atom is 0.336 e. The molecule has 0 heterocycles. The summed E-state index contributed by atoms with van der Waals surface area (Å²) in [4.78, 5) is 22.8. The fourth-order valence-corrected chi connectivity index (χ4v) is 2.51. The van der Waals surface area contributed by atoms with Crippen LogP contribution in [0.25, 0.3) is 21.5 Å². The Bertz CT molecular complexity index is 792. The Kier molecular flexibility index (Phi) is 2.64. The molecule has 3 rings (SSSR count). The van der Waals surface area contributed by atoms with Crippen LogP contribution in [0.5, 0.6) is 0 Å². The minimum Gasteiger partial charge on any atom is -0.478 e. The van der Waals surface area contributed by atoms with E-state index in [1.54, 1.807) is 36.4 Å². The predicted molar refractivity (Wildman–Crippen MR) is 75.4 cm³/mol. The van der Waals surface area contributed by atoms with Gasteiger partial charge in [-0.15, -0.1) is 0 Å². The SMILES string of the molecule is O=C(O)c1cccc2ccc3cccc(C(=O)O)c3c12. The van der Waals surface area contributed by atoms with Gasteiger partial charge in [0.25, 0.3) is 0 Å². The molecule has 0 fully saturated rings. The largest absolute Gasteiger partial charge is 0.478 e. The number of carbonyl (C=O) groups is 2. The second kappa shape index (κ2) is 4.35. The van der Waals surface area contributed by atoms with Crippen molar-refractivity contribution in [2.24, 2.45) is 0 Å². The first-order valence-corrected chi connectivity index (χ1v) is 6.00. The highest BCUT2D eigenvalue weighted by Gasteiger charge is 2.16. The van der Waals surface area contributed by atoms with Crippen LogP contribution in [0, 0.1) is 0 Å². The molecule has 2 N–H and O–H groups in total. The molecule has 0 unspecified atom stereocenters. The number of hydrogen-bond donors (Lipinski definition) is 2. The molecule has 0 saturated heterocycles. The Morgan fingerprint density at radius 1 is 0.650 bits per heavy atom. The van der Waals surface area contributed by atoms with Crippen molar-refractivity contribution in [2.75, 3.05) is 0 Å². The molecule has 98 valence electrons. The Labute approximate surface area is 113 Å². The van der Waals surface area contributed by atoms with Gasteiger partial charge in [-0.3, -0.25) is 0 Å². The molecule has 0 radical (unpaired) electrons. The number of aromatic carboxylic acids is 2. The highest BCUT2D eigenvalue weighted by molar-refractivity contribution is 6.21. The van der Waals surface area contributed by atoms with Crippen molar-refractivity contribution in [2.45, 2.75) is 0 Å². The van der Waals surface area contributed by atoms with Crippen molar-refractivity contribution in [1.29, 1.82) is 0 Å². The third-order valence-electron chi connectivity index (χ3n) is 3.35. The summed E-state index contributed by atoms with van der Waals surface area (Å²) < 4.78 is 0. The van der Waals surface area contributed by atoms with Crippen LogP contribution in [0.15, 0.2) is 48.5 Å². The molecular weight excluding hydrogens is 256 g/mol. The third kappa shape index (κ3) is 1.70. The molecule has 0 aliphatic rings. The van der Waals surface area contributed by atoms with Gasteiger partial charge >= 0.3 is 11.9 Å². The monoisotopic (exact) mass is 266 g/mol. The lowest BCUT2D eigenvalue weighted by Gasteiger charge is -2.09. The van der Waals surface area contributed by atoms with E-state index in [1.165, 1.54) is 12.1 Å². The highest BCUT2D eigenvalue weighted by Crippen LogP contribution is 2.31. The zero-order valence-electron chi connectivity index (χ0n) is 10.3. The summed E-state index contributed by atoms with van der Waals surface area (Å²) in [6, 6.07) is 13.4. The molecule has 0 spiro atoms. The summed E-state index contributed by atoms with van der Waals surface area (Å²) in [5.41, 5.74) is 0.226. The minimum atomic E-state index is -1.07. The molecule has 0 aromatic heterocycles. The van der Waals surface area contributed by atoms with Crippen molar-refractivity contribution >= 4 is 33.5 Å². The van der Waals surface area contributed by atoms with Gasteiger partial charge in [0.05, 0.1) is 11.1 Å². The van der Waals surface area contributed by atoms with Crippen LogP contribution in [0.4, 0.5) is 0 Å². The minimum absolute atomic E-state index is 0.113. The Morgan fingerprint density at radius 2 is 1.05 bits per heavy atom. The number of benzene rings is 3. The molecule has 0 amide bonds. The fraction of sp³-hybridized carbons (Fsp3) is 0. The Hall–Kier alpha value is -2.88. The van der Waals surface area contributed by atoms with Crippen LogP contribution in [0.1, 0.15) is 20.7 Å². The predicted octanol–water partition coefficient (Wildman–Crippen LogP) is 3.39. The molecule has 4 nitrogen and oxygen atoms in total. The molecule has 0 aliphatic carbocycles. The van der Waals surface area contributed by atoms with E-state index in [0.29, 0.717) is 21.5 Å². The first-order chi connectivity index (χ1) is 9.59. The van der Waals surface area contributed by atoms with Crippen LogP contribution in [0.3, 0.4) is 0 Å². The summed E-state index contributed by atoms with van der Waals surface area (Å²) in [5, 5.41) is 21.0. The van der Waals surface area contributed by atoms with Gasteiger partial charge < -0.3 is 10.2 Å². The lowest BCUT2D eigenvalue weighted by molar-refractivity contribution is 0.0686. The van der Waals surface area contributed by atoms with Gasteiger partial charge in [0.2, 0.25) is 0 Å². The molecule has 3 aromatic rings. The fourth-order valence-electron chi connectivity index (χ4n) is 2.51. The van der Waals surface area contributed by atoms with Crippen molar-refractivity contribution in [3.8, 4) is 0 Å². The van der Waals surface area contributed by atoms with Crippen molar-refractivity contribution in [3.63, 3.8) is 0 Å². The summed E-state index contributed by atoms with van der Waals surface area (Å²) in [6.07, 6.45) is 0. The van der Waals surface area contributed by atoms with E-state index < -0.39 is 11.9 Å². The smallest absolute Gasteiger partial charge is 0.336 e. The normalized spacial score (nSPS) is 10.8. The second-order valence-corrected chi connectivity index (χ2v) is 4.48. The maximum absolute atomic E-state index is 11.4. The average molecular weight is 266 g/mol. The summed E-state index contributed by atoms with van der Waals surface area (Å²) in [7, 11) is 0. The highest BCUT2D eigenvalue weighted by atomic mass is 16.4. The number of carboxylic acid groups (broad SMARTS) is 2. The van der Waals surface area contributed by atoms with E-state index in [0.717, 1.165) is 0 Å². The van der Waals surface area contributed by atoms with Gasteiger partial charge in [-0.2, -0.15) is 0 Å². The first-order valence-electron chi connectivity index (χ1n) is 6.00. The van der Waals surface area contributed by atoms with Crippen LogP contribution in [-0.2, 0) is 0 Å². The molecule has 4 heteroatoms.